The summed E-state index contributed by atoms with van der Waals surface area (Å²) in [5.41, 5.74) is 0.721. The van der Waals surface area contributed by atoms with Crippen molar-refractivity contribution in [3.63, 3.8) is 0 Å². The second-order valence-corrected chi connectivity index (χ2v) is 7.58. The van der Waals surface area contributed by atoms with Crippen LogP contribution in [0, 0.1) is 0 Å². The van der Waals surface area contributed by atoms with E-state index >= 15 is 0 Å². The van der Waals surface area contributed by atoms with Gasteiger partial charge >= 0.3 is 6.18 Å². The van der Waals surface area contributed by atoms with E-state index < -0.39 is 12.7 Å². The van der Waals surface area contributed by atoms with Gasteiger partial charge in [0.15, 0.2) is 5.13 Å². The number of anilines is 1. The van der Waals surface area contributed by atoms with E-state index in [1.807, 2.05) is 27.8 Å². The molecule has 1 fully saturated rings. The minimum Gasteiger partial charge on any atom is -0.336 e. The molecule has 1 aliphatic carbocycles. The number of aromatic nitrogens is 1. The SMILES string of the molecule is CNCc1sc(N(CC(F)(F)F)C2CC2)nc1C(C)(C)C. The normalized spacial score (nSPS) is 16.3. The molecule has 0 aromatic carbocycles. The Labute approximate surface area is 127 Å². The summed E-state index contributed by atoms with van der Waals surface area (Å²) in [5.74, 6) is 0. The maximum atomic E-state index is 12.8. The van der Waals surface area contributed by atoms with Crippen molar-refractivity contribution >= 4 is 16.5 Å². The van der Waals surface area contributed by atoms with Crippen molar-refractivity contribution in [2.24, 2.45) is 0 Å². The van der Waals surface area contributed by atoms with Crippen LogP contribution in [0.4, 0.5) is 18.3 Å². The van der Waals surface area contributed by atoms with Gasteiger partial charge in [-0.25, -0.2) is 4.98 Å². The predicted octanol–water partition coefficient (Wildman–Crippen LogP) is 3.69. The van der Waals surface area contributed by atoms with Crippen LogP contribution in [0.25, 0.3) is 0 Å². The second-order valence-electron chi connectivity index (χ2n) is 6.52. The highest BCUT2D eigenvalue weighted by Crippen LogP contribution is 2.39. The fourth-order valence-corrected chi connectivity index (χ4v) is 3.61. The van der Waals surface area contributed by atoms with Crippen LogP contribution in [0.2, 0.25) is 0 Å². The summed E-state index contributed by atoms with van der Waals surface area (Å²) in [5, 5.41) is 3.58. The Morgan fingerprint density at radius 1 is 1.29 bits per heavy atom. The van der Waals surface area contributed by atoms with E-state index in [0.29, 0.717) is 11.7 Å². The van der Waals surface area contributed by atoms with Crippen molar-refractivity contribution in [3.8, 4) is 0 Å². The minimum absolute atomic E-state index is 0.00645. The van der Waals surface area contributed by atoms with Crippen LogP contribution in [0.15, 0.2) is 0 Å². The highest BCUT2D eigenvalue weighted by atomic mass is 32.1. The lowest BCUT2D eigenvalue weighted by molar-refractivity contribution is -0.120. The third kappa shape index (κ3) is 4.32. The quantitative estimate of drug-likeness (QED) is 0.896. The lowest BCUT2D eigenvalue weighted by Crippen LogP contribution is -2.36. The molecule has 0 atom stereocenters. The molecular formula is C14H22F3N3S. The Balaban J connectivity index is 2.33. The van der Waals surface area contributed by atoms with Gasteiger partial charge in [-0.1, -0.05) is 20.8 Å². The van der Waals surface area contributed by atoms with Gasteiger partial charge in [-0.3, -0.25) is 0 Å². The zero-order valence-corrected chi connectivity index (χ0v) is 13.7. The van der Waals surface area contributed by atoms with E-state index in [0.717, 1.165) is 23.4 Å². The molecule has 0 spiro atoms. The summed E-state index contributed by atoms with van der Waals surface area (Å²) >= 11 is 1.38. The summed E-state index contributed by atoms with van der Waals surface area (Å²) in [6.45, 7) is 5.84. The largest absolute Gasteiger partial charge is 0.406 e. The first-order valence-corrected chi connectivity index (χ1v) is 7.91. The van der Waals surface area contributed by atoms with E-state index in [1.54, 1.807) is 0 Å². The van der Waals surface area contributed by atoms with Crippen LogP contribution in [0.5, 0.6) is 0 Å². The Kier molecular flexibility index (Phi) is 4.54. The number of rotatable bonds is 5. The van der Waals surface area contributed by atoms with Crippen molar-refractivity contribution in [2.45, 2.75) is 57.8 Å². The van der Waals surface area contributed by atoms with Gasteiger partial charge in [0, 0.05) is 22.9 Å². The number of nitrogens with one attached hydrogen (secondary N) is 1. The van der Waals surface area contributed by atoms with Gasteiger partial charge in [0.1, 0.15) is 6.54 Å². The molecule has 0 saturated heterocycles. The van der Waals surface area contributed by atoms with Crippen LogP contribution < -0.4 is 10.2 Å². The topological polar surface area (TPSA) is 28.2 Å². The number of hydrogen-bond acceptors (Lipinski definition) is 4. The monoisotopic (exact) mass is 321 g/mol. The Morgan fingerprint density at radius 2 is 1.90 bits per heavy atom. The van der Waals surface area contributed by atoms with Crippen molar-refractivity contribution in [1.82, 2.24) is 10.3 Å². The van der Waals surface area contributed by atoms with Gasteiger partial charge < -0.3 is 10.2 Å². The van der Waals surface area contributed by atoms with Crippen LogP contribution in [0.3, 0.4) is 0 Å². The van der Waals surface area contributed by atoms with E-state index in [9.17, 15) is 13.2 Å². The first kappa shape index (κ1) is 16.5. The molecule has 1 aromatic rings. The molecule has 1 saturated carbocycles. The molecule has 1 N–H and O–H groups in total. The van der Waals surface area contributed by atoms with Gasteiger partial charge in [0.25, 0.3) is 0 Å². The van der Waals surface area contributed by atoms with Crippen molar-refractivity contribution in [2.75, 3.05) is 18.5 Å². The first-order chi connectivity index (χ1) is 9.62. The molecule has 0 unspecified atom stereocenters. The number of halogens is 3. The van der Waals surface area contributed by atoms with Crippen LogP contribution in [-0.2, 0) is 12.0 Å². The highest BCUT2D eigenvalue weighted by molar-refractivity contribution is 7.15. The van der Waals surface area contributed by atoms with Crippen LogP contribution in [-0.4, -0.2) is 30.8 Å². The van der Waals surface area contributed by atoms with Gasteiger partial charge in [0.2, 0.25) is 0 Å². The maximum absolute atomic E-state index is 12.8. The van der Waals surface area contributed by atoms with E-state index in [4.69, 9.17) is 0 Å². The van der Waals surface area contributed by atoms with Crippen LogP contribution >= 0.6 is 11.3 Å². The average molecular weight is 321 g/mol. The van der Waals surface area contributed by atoms with E-state index in [-0.39, 0.29) is 11.5 Å². The molecule has 3 nitrogen and oxygen atoms in total. The highest BCUT2D eigenvalue weighted by Gasteiger charge is 2.40. The smallest absolute Gasteiger partial charge is 0.336 e. The Hall–Kier alpha value is -0.820. The fraction of sp³-hybridized carbons (Fsp3) is 0.786. The van der Waals surface area contributed by atoms with Gasteiger partial charge in [-0.15, -0.1) is 11.3 Å². The molecule has 1 aliphatic rings. The molecule has 1 heterocycles. The molecule has 7 heteroatoms. The summed E-state index contributed by atoms with van der Waals surface area (Å²) in [7, 11) is 1.83. The number of alkyl halides is 3. The molecule has 2 rings (SSSR count). The van der Waals surface area contributed by atoms with E-state index in [2.05, 4.69) is 10.3 Å². The van der Waals surface area contributed by atoms with Crippen molar-refractivity contribution in [3.05, 3.63) is 10.6 Å². The number of thiazole rings is 1. The minimum atomic E-state index is -4.20. The zero-order valence-electron chi connectivity index (χ0n) is 12.8. The lowest BCUT2D eigenvalue weighted by Gasteiger charge is -2.23. The molecule has 0 bridgehead atoms. The molecule has 120 valence electrons. The standard InChI is InChI=1S/C14H22F3N3S/c1-13(2,3)11-10(7-18-4)21-12(19-11)20(9-5-6-9)8-14(15,16)17/h9,18H,5-8H2,1-4H3. The zero-order chi connectivity index (χ0) is 15.8. The summed E-state index contributed by atoms with van der Waals surface area (Å²) < 4.78 is 38.4. The van der Waals surface area contributed by atoms with Gasteiger partial charge in [0.05, 0.1) is 5.69 Å². The Morgan fingerprint density at radius 3 is 2.33 bits per heavy atom. The van der Waals surface area contributed by atoms with Crippen molar-refractivity contribution in [1.29, 1.82) is 0 Å². The lowest BCUT2D eigenvalue weighted by atomic mass is 9.91. The second kappa shape index (κ2) is 5.76. The molecule has 0 radical (unpaired) electrons. The number of hydrogen-bond donors (Lipinski definition) is 1. The third-order valence-corrected chi connectivity index (χ3v) is 4.41. The number of nitrogens with zero attached hydrogens (tertiary/aromatic N) is 2. The molecular weight excluding hydrogens is 299 g/mol. The predicted molar refractivity (Wildman–Crippen MR) is 80.0 cm³/mol. The molecule has 1 aromatic heterocycles. The fourth-order valence-electron chi connectivity index (χ4n) is 2.26. The van der Waals surface area contributed by atoms with E-state index in [1.165, 1.54) is 16.2 Å². The Bertz CT molecular complexity index is 487. The molecule has 0 aliphatic heterocycles. The summed E-state index contributed by atoms with van der Waals surface area (Å²) in [6, 6.07) is -0.00645. The van der Waals surface area contributed by atoms with Gasteiger partial charge in [-0.05, 0) is 19.9 Å². The summed E-state index contributed by atoms with van der Waals surface area (Å²) in [6.07, 6.45) is -2.55. The molecule has 0 amide bonds. The average Bonchev–Trinajstić information content (AvgIpc) is 3.05. The molecule has 21 heavy (non-hydrogen) atoms. The summed E-state index contributed by atoms with van der Waals surface area (Å²) in [4.78, 5) is 7.00. The van der Waals surface area contributed by atoms with Crippen molar-refractivity contribution < 1.29 is 13.2 Å². The maximum Gasteiger partial charge on any atom is 0.406 e. The van der Waals surface area contributed by atoms with Crippen LogP contribution in [0.1, 0.15) is 44.2 Å². The first-order valence-electron chi connectivity index (χ1n) is 7.10. The van der Waals surface area contributed by atoms with Gasteiger partial charge in [-0.2, -0.15) is 13.2 Å². The third-order valence-electron chi connectivity index (χ3n) is 3.32.